The number of aromatic nitrogens is 2. The van der Waals surface area contributed by atoms with Crippen molar-refractivity contribution >= 4 is 39.7 Å². The van der Waals surface area contributed by atoms with Crippen molar-refractivity contribution in [2.45, 2.75) is 26.2 Å². The number of hydrazine groups is 1. The molecule has 27 heavy (non-hydrogen) atoms. The molecule has 0 spiro atoms. The van der Waals surface area contributed by atoms with Gasteiger partial charge in [0.25, 0.3) is 0 Å². The van der Waals surface area contributed by atoms with Crippen molar-refractivity contribution in [2.75, 3.05) is 6.61 Å². The summed E-state index contributed by atoms with van der Waals surface area (Å²) in [6, 6.07) is 5.39. The summed E-state index contributed by atoms with van der Waals surface area (Å²) in [4.78, 5) is 28.9. The first-order valence-electron chi connectivity index (χ1n) is 8.39. The van der Waals surface area contributed by atoms with Crippen molar-refractivity contribution in [2.24, 2.45) is 0 Å². The molecule has 0 saturated carbocycles. The SMILES string of the molecule is Cc1cc(Cl)ccc1OCCCC(=O)NNC(=O)Cc1cn2ccsc2n1. The number of nitrogens with one attached hydrogen (secondary N) is 2. The number of fused-ring (bicyclic) bond motifs is 1. The zero-order valence-corrected chi connectivity index (χ0v) is 16.3. The number of nitrogens with zero attached hydrogens (tertiary/aromatic N) is 2. The van der Waals surface area contributed by atoms with Crippen LogP contribution in [0.3, 0.4) is 0 Å². The number of halogens is 1. The number of ether oxygens (including phenoxy) is 1. The fourth-order valence-electron chi connectivity index (χ4n) is 2.46. The molecule has 1 aromatic carbocycles. The van der Waals surface area contributed by atoms with Crippen molar-refractivity contribution in [3.63, 3.8) is 0 Å². The first kappa shape index (κ1) is 19.2. The number of hydrogen-bond donors (Lipinski definition) is 2. The second kappa shape index (κ2) is 8.88. The van der Waals surface area contributed by atoms with Gasteiger partial charge in [-0.05, 0) is 37.1 Å². The van der Waals surface area contributed by atoms with Gasteiger partial charge in [0.2, 0.25) is 11.8 Å². The molecule has 0 saturated heterocycles. The quantitative estimate of drug-likeness (QED) is 0.466. The van der Waals surface area contributed by atoms with Gasteiger partial charge in [0.05, 0.1) is 18.7 Å². The van der Waals surface area contributed by atoms with Crippen LogP contribution in [0, 0.1) is 6.92 Å². The summed E-state index contributed by atoms with van der Waals surface area (Å²) in [6.45, 7) is 2.31. The molecule has 2 heterocycles. The van der Waals surface area contributed by atoms with Gasteiger partial charge in [-0.25, -0.2) is 4.98 Å². The van der Waals surface area contributed by atoms with E-state index in [2.05, 4.69) is 15.8 Å². The highest BCUT2D eigenvalue weighted by Crippen LogP contribution is 2.21. The summed E-state index contributed by atoms with van der Waals surface area (Å²) in [5.74, 6) is 0.154. The Bertz CT molecular complexity index is 925. The smallest absolute Gasteiger partial charge is 0.244 e. The number of hydrogen-bond acceptors (Lipinski definition) is 5. The van der Waals surface area contributed by atoms with Crippen molar-refractivity contribution < 1.29 is 14.3 Å². The van der Waals surface area contributed by atoms with Gasteiger partial charge in [-0.1, -0.05) is 11.6 Å². The third-order valence-corrected chi connectivity index (χ3v) is 4.77. The van der Waals surface area contributed by atoms with Gasteiger partial charge in [0.1, 0.15) is 5.75 Å². The first-order chi connectivity index (χ1) is 13.0. The highest BCUT2D eigenvalue weighted by molar-refractivity contribution is 7.15. The van der Waals surface area contributed by atoms with Gasteiger partial charge in [-0.2, -0.15) is 0 Å². The van der Waals surface area contributed by atoms with E-state index in [1.54, 1.807) is 18.3 Å². The van der Waals surface area contributed by atoms with Crippen LogP contribution in [0.25, 0.3) is 4.96 Å². The van der Waals surface area contributed by atoms with Crippen LogP contribution >= 0.6 is 22.9 Å². The van der Waals surface area contributed by atoms with E-state index in [1.165, 1.54) is 11.3 Å². The van der Waals surface area contributed by atoms with Gasteiger partial charge < -0.3 is 4.74 Å². The minimum absolute atomic E-state index is 0.105. The minimum Gasteiger partial charge on any atom is -0.493 e. The van der Waals surface area contributed by atoms with Crippen molar-refractivity contribution in [3.8, 4) is 5.75 Å². The lowest BCUT2D eigenvalue weighted by molar-refractivity contribution is -0.128. The van der Waals surface area contributed by atoms with E-state index in [1.807, 2.05) is 29.0 Å². The largest absolute Gasteiger partial charge is 0.493 e. The molecule has 3 aromatic rings. The lowest BCUT2D eigenvalue weighted by Crippen LogP contribution is -2.42. The van der Waals surface area contributed by atoms with E-state index >= 15 is 0 Å². The fraction of sp³-hybridized carbons (Fsp3) is 0.278. The molecule has 0 fully saturated rings. The molecule has 0 aliphatic rings. The summed E-state index contributed by atoms with van der Waals surface area (Å²) in [6.07, 6.45) is 4.55. The van der Waals surface area contributed by atoms with E-state index in [0.29, 0.717) is 23.7 Å². The Morgan fingerprint density at radius 1 is 1.30 bits per heavy atom. The van der Waals surface area contributed by atoms with Crippen LogP contribution in [0.15, 0.2) is 36.0 Å². The molecule has 0 atom stereocenters. The molecule has 2 N–H and O–H groups in total. The maximum atomic E-state index is 11.9. The third kappa shape index (κ3) is 5.45. The summed E-state index contributed by atoms with van der Waals surface area (Å²) < 4.78 is 7.49. The number of carbonyl (C=O) groups is 2. The molecule has 2 amide bonds. The standard InChI is InChI=1S/C18H19ClN4O3S/c1-12-9-13(19)4-5-15(12)26-7-2-3-16(24)21-22-17(25)10-14-11-23-6-8-27-18(23)20-14/h4-6,8-9,11H,2-3,7,10H2,1H3,(H,21,24)(H,22,25). The topological polar surface area (TPSA) is 84.7 Å². The van der Waals surface area contributed by atoms with E-state index in [4.69, 9.17) is 16.3 Å². The monoisotopic (exact) mass is 406 g/mol. The van der Waals surface area contributed by atoms with E-state index in [9.17, 15) is 9.59 Å². The second-order valence-electron chi connectivity index (χ2n) is 5.96. The number of benzene rings is 1. The zero-order chi connectivity index (χ0) is 19.2. The maximum absolute atomic E-state index is 11.9. The van der Waals surface area contributed by atoms with Crippen LogP contribution < -0.4 is 15.6 Å². The maximum Gasteiger partial charge on any atom is 0.244 e. The van der Waals surface area contributed by atoms with Crippen LogP contribution in [-0.4, -0.2) is 27.8 Å². The Hall–Kier alpha value is -2.58. The number of rotatable bonds is 7. The second-order valence-corrected chi connectivity index (χ2v) is 7.27. The highest BCUT2D eigenvalue weighted by atomic mass is 35.5. The number of carbonyl (C=O) groups excluding carboxylic acids is 2. The van der Waals surface area contributed by atoms with Gasteiger partial charge in [-0.3, -0.25) is 24.8 Å². The zero-order valence-electron chi connectivity index (χ0n) is 14.7. The molecule has 0 aliphatic carbocycles. The Morgan fingerprint density at radius 3 is 2.89 bits per heavy atom. The average Bonchev–Trinajstić information content (AvgIpc) is 3.20. The molecule has 0 bridgehead atoms. The van der Waals surface area contributed by atoms with Crippen LogP contribution in [0.2, 0.25) is 5.02 Å². The number of aryl methyl sites for hydroxylation is 1. The molecule has 7 nitrogen and oxygen atoms in total. The van der Waals surface area contributed by atoms with Crippen molar-refractivity contribution in [3.05, 3.63) is 52.3 Å². The number of amides is 2. The molecule has 3 rings (SSSR count). The van der Waals surface area contributed by atoms with E-state index < -0.39 is 0 Å². The molecule has 9 heteroatoms. The van der Waals surface area contributed by atoms with Crippen molar-refractivity contribution in [1.82, 2.24) is 20.2 Å². The molecular weight excluding hydrogens is 388 g/mol. The number of thiazole rings is 1. The predicted molar refractivity (Wildman–Crippen MR) is 104 cm³/mol. The molecule has 142 valence electrons. The Labute approximate surface area is 165 Å². The summed E-state index contributed by atoms with van der Waals surface area (Å²) in [5, 5.41) is 2.58. The molecule has 0 aliphatic heterocycles. The predicted octanol–water partition coefficient (Wildman–Crippen LogP) is 2.91. The van der Waals surface area contributed by atoms with Crippen LogP contribution in [0.5, 0.6) is 5.75 Å². The normalized spacial score (nSPS) is 10.7. The first-order valence-corrected chi connectivity index (χ1v) is 9.65. The number of imidazole rings is 1. The Balaban J connectivity index is 1.33. The minimum atomic E-state index is -0.317. The summed E-state index contributed by atoms with van der Waals surface area (Å²) in [5.41, 5.74) is 6.40. The molecule has 0 unspecified atom stereocenters. The van der Waals surface area contributed by atoms with Gasteiger partial charge >= 0.3 is 0 Å². The van der Waals surface area contributed by atoms with Crippen LogP contribution in [-0.2, 0) is 16.0 Å². The third-order valence-electron chi connectivity index (χ3n) is 3.77. The Morgan fingerprint density at radius 2 is 2.11 bits per heavy atom. The van der Waals surface area contributed by atoms with Crippen LogP contribution in [0.4, 0.5) is 0 Å². The fourth-order valence-corrected chi connectivity index (χ4v) is 3.41. The lowest BCUT2D eigenvalue weighted by Gasteiger charge is -2.10. The van der Waals surface area contributed by atoms with E-state index in [-0.39, 0.29) is 24.7 Å². The average molecular weight is 407 g/mol. The summed E-state index contributed by atoms with van der Waals surface area (Å²) >= 11 is 7.39. The lowest BCUT2D eigenvalue weighted by atomic mass is 10.2. The van der Waals surface area contributed by atoms with E-state index in [0.717, 1.165) is 16.3 Å². The molecular formula is C18H19ClN4O3S. The highest BCUT2D eigenvalue weighted by Gasteiger charge is 2.09. The Kier molecular flexibility index (Phi) is 6.31. The van der Waals surface area contributed by atoms with Crippen LogP contribution in [0.1, 0.15) is 24.1 Å². The van der Waals surface area contributed by atoms with Gasteiger partial charge in [0.15, 0.2) is 4.96 Å². The molecule has 0 radical (unpaired) electrons. The molecule has 2 aromatic heterocycles. The summed E-state index contributed by atoms with van der Waals surface area (Å²) in [7, 11) is 0. The van der Waals surface area contributed by atoms with Crippen molar-refractivity contribution in [1.29, 1.82) is 0 Å². The van der Waals surface area contributed by atoms with Gasteiger partial charge in [-0.15, -0.1) is 11.3 Å². The van der Waals surface area contributed by atoms with Gasteiger partial charge in [0, 0.05) is 29.2 Å².